The van der Waals surface area contributed by atoms with Gasteiger partial charge in [-0.1, -0.05) is 6.92 Å². The lowest BCUT2D eigenvalue weighted by Crippen LogP contribution is -2.53. The zero-order chi connectivity index (χ0) is 15.8. The van der Waals surface area contributed by atoms with Gasteiger partial charge in [-0.15, -0.1) is 0 Å². The van der Waals surface area contributed by atoms with E-state index in [1.165, 1.54) is 59.1 Å². The van der Waals surface area contributed by atoms with Crippen molar-refractivity contribution < 1.29 is 9.53 Å². The van der Waals surface area contributed by atoms with Crippen LogP contribution in [0.3, 0.4) is 0 Å². The number of hydrogen-bond donors (Lipinski definition) is 0. The highest BCUT2D eigenvalue weighted by Crippen LogP contribution is 2.18. The number of esters is 1. The summed E-state index contributed by atoms with van der Waals surface area (Å²) in [5.74, 6) is -0.0857. The van der Waals surface area contributed by atoms with Gasteiger partial charge in [0.05, 0.1) is 7.11 Å². The number of carbonyl (C=O) groups excluding carboxylic acids is 1. The first-order valence-electron chi connectivity index (χ1n) is 8.98. The van der Waals surface area contributed by atoms with Crippen LogP contribution in [0.4, 0.5) is 0 Å². The summed E-state index contributed by atoms with van der Waals surface area (Å²) in [6.07, 6.45) is 5.41. The van der Waals surface area contributed by atoms with E-state index in [2.05, 4.69) is 21.6 Å². The van der Waals surface area contributed by atoms with Crippen molar-refractivity contribution in [1.82, 2.24) is 14.7 Å². The summed E-state index contributed by atoms with van der Waals surface area (Å²) in [5.41, 5.74) is 0. The van der Waals surface area contributed by atoms with Gasteiger partial charge in [0, 0.05) is 38.6 Å². The van der Waals surface area contributed by atoms with Crippen LogP contribution in [0.2, 0.25) is 0 Å². The summed E-state index contributed by atoms with van der Waals surface area (Å²) in [6, 6.07) is 0.797. The van der Waals surface area contributed by atoms with Gasteiger partial charge in [-0.3, -0.25) is 9.69 Å². The van der Waals surface area contributed by atoms with E-state index in [0.717, 1.165) is 32.1 Å². The van der Waals surface area contributed by atoms with Crippen molar-refractivity contribution in [1.29, 1.82) is 0 Å². The summed E-state index contributed by atoms with van der Waals surface area (Å²) in [7, 11) is 1.47. The summed E-state index contributed by atoms with van der Waals surface area (Å²) >= 11 is 0. The van der Waals surface area contributed by atoms with E-state index in [9.17, 15) is 4.79 Å². The van der Waals surface area contributed by atoms with Crippen molar-refractivity contribution in [2.45, 2.75) is 45.1 Å². The molecule has 0 N–H and O–H groups in total. The molecule has 0 aromatic carbocycles. The maximum absolute atomic E-state index is 11.1. The molecule has 128 valence electrons. The van der Waals surface area contributed by atoms with E-state index in [0.29, 0.717) is 6.42 Å². The average Bonchev–Trinajstić information content (AvgIpc) is 2.56. The number of piperazine rings is 1. The molecule has 0 unspecified atom stereocenters. The monoisotopic (exact) mass is 311 g/mol. The number of ether oxygens (including phenoxy) is 1. The van der Waals surface area contributed by atoms with E-state index in [1.807, 2.05) is 0 Å². The van der Waals surface area contributed by atoms with Crippen molar-refractivity contribution in [3.05, 3.63) is 0 Å². The van der Waals surface area contributed by atoms with Crippen LogP contribution >= 0.6 is 0 Å². The molecule has 0 spiro atoms. The van der Waals surface area contributed by atoms with E-state index < -0.39 is 0 Å². The van der Waals surface area contributed by atoms with Crippen molar-refractivity contribution in [3.8, 4) is 0 Å². The Morgan fingerprint density at radius 1 is 1.00 bits per heavy atom. The summed E-state index contributed by atoms with van der Waals surface area (Å²) in [4.78, 5) is 18.9. The van der Waals surface area contributed by atoms with Gasteiger partial charge in [0.2, 0.25) is 0 Å². The lowest BCUT2D eigenvalue weighted by atomic mass is 10.0. The molecule has 0 amide bonds. The second kappa shape index (κ2) is 9.48. The fraction of sp³-hybridized carbons (Fsp3) is 0.941. The lowest BCUT2D eigenvalue weighted by Gasteiger charge is -2.42. The van der Waals surface area contributed by atoms with Crippen LogP contribution in [0.1, 0.15) is 39.0 Å². The number of methoxy groups -OCH3 is 1. The zero-order valence-corrected chi connectivity index (χ0v) is 14.4. The number of rotatable bonds is 7. The highest BCUT2D eigenvalue weighted by Gasteiger charge is 2.26. The highest BCUT2D eigenvalue weighted by atomic mass is 16.5. The van der Waals surface area contributed by atoms with Crippen LogP contribution in [-0.2, 0) is 9.53 Å². The SMILES string of the molecule is CCCN1CCC(N2CCN(CCCC(=O)OC)CC2)CC1. The van der Waals surface area contributed by atoms with Gasteiger partial charge >= 0.3 is 5.97 Å². The molecule has 0 aromatic rings. The largest absolute Gasteiger partial charge is 0.469 e. The molecule has 0 saturated carbocycles. The first-order chi connectivity index (χ1) is 10.7. The molecule has 2 aliphatic heterocycles. The number of nitrogens with zero attached hydrogens (tertiary/aromatic N) is 3. The van der Waals surface area contributed by atoms with Crippen molar-refractivity contribution in [2.75, 3.05) is 59.5 Å². The molecule has 2 saturated heterocycles. The second-order valence-electron chi connectivity index (χ2n) is 6.63. The minimum atomic E-state index is -0.0857. The Morgan fingerprint density at radius 2 is 1.64 bits per heavy atom. The first-order valence-corrected chi connectivity index (χ1v) is 8.98. The average molecular weight is 311 g/mol. The number of likely N-dealkylation sites (tertiary alicyclic amines) is 1. The Balaban J connectivity index is 1.60. The minimum absolute atomic E-state index is 0.0857. The predicted molar refractivity (Wildman–Crippen MR) is 89.0 cm³/mol. The Kier molecular flexibility index (Phi) is 7.63. The molecular weight excluding hydrogens is 278 g/mol. The normalized spacial score (nSPS) is 22.8. The first kappa shape index (κ1) is 17.7. The fourth-order valence-electron chi connectivity index (χ4n) is 3.73. The molecule has 2 aliphatic rings. The van der Waals surface area contributed by atoms with Crippen molar-refractivity contribution in [2.24, 2.45) is 0 Å². The Morgan fingerprint density at radius 3 is 2.23 bits per heavy atom. The van der Waals surface area contributed by atoms with Crippen molar-refractivity contribution >= 4 is 5.97 Å². The molecule has 2 rings (SSSR count). The highest BCUT2D eigenvalue weighted by molar-refractivity contribution is 5.69. The summed E-state index contributed by atoms with van der Waals surface area (Å²) in [5, 5.41) is 0. The maximum Gasteiger partial charge on any atom is 0.305 e. The van der Waals surface area contributed by atoms with Crippen LogP contribution in [0.25, 0.3) is 0 Å². The molecule has 0 atom stereocenters. The third kappa shape index (κ3) is 5.52. The van der Waals surface area contributed by atoms with E-state index in [1.54, 1.807) is 0 Å². The maximum atomic E-state index is 11.1. The Bertz CT molecular complexity index is 322. The van der Waals surface area contributed by atoms with Crippen LogP contribution in [0.5, 0.6) is 0 Å². The molecule has 0 radical (unpaired) electrons. The van der Waals surface area contributed by atoms with Gasteiger partial charge in [0.1, 0.15) is 0 Å². The zero-order valence-electron chi connectivity index (χ0n) is 14.4. The summed E-state index contributed by atoms with van der Waals surface area (Å²) < 4.78 is 4.69. The Hall–Kier alpha value is -0.650. The van der Waals surface area contributed by atoms with Gasteiger partial charge in [-0.05, 0) is 51.9 Å². The number of hydrogen-bond acceptors (Lipinski definition) is 5. The van der Waals surface area contributed by atoms with Gasteiger partial charge in [0.25, 0.3) is 0 Å². The van der Waals surface area contributed by atoms with E-state index in [4.69, 9.17) is 4.74 Å². The molecule has 5 nitrogen and oxygen atoms in total. The third-order valence-corrected chi connectivity index (χ3v) is 5.10. The fourth-order valence-corrected chi connectivity index (χ4v) is 3.73. The standard InChI is InChI=1S/C17H33N3O2/c1-3-8-18-10-6-16(7-11-18)20-14-12-19(13-15-20)9-4-5-17(21)22-2/h16H,3-15H2,1-2H3. The molecule has 2 fully saturated rings. The molecule has 0 aromatic heterocycles. The van der Waals surface area contributed by atoms with Crippen LogP contribution in [0, 0.1) is 0 Å². The molecule has 0 aliphatic carbocycles. The van der Waals surface area contributed by atoms with E-state index in [-0.39, 0.29) is 5.97 Å². The predicted octanol–water partition coefficient (Wildman–Crippen LogP) is 1.43. The molecule has 5 heteroatoms. The number of carbonyl (C=O) groups is 1. The minimum Gasteiger partial charge on any atom is -0.469 e. The Labute approximate surface area is 135 Å². The smallest absolute Gasteiger partial charge is 0.305 e. The summed E-state index contributed by atoms with van der Waals surface area (Å²) in [6.45, 7) is 11.8. The lowest BCUT2D eigenvalue weighted by molar-refractivity contribution is -0.140. The quantitative estimate of drug-likeness (QED) is 0.665. The topological polar surface area (TPSA) is 36.0 Å². The van der Waals surface area contributed by atoms with Gasteiger partial charge in [-0.25, -0.2) is 0 Å². The molecular formula is C17H33N3O2. The van der Waals surface area contributed by atoms with Gasteiger partial charge in [0.15, 0.2) is 0 Å². The molecule has 22 heavy (non-hydrogen) atoms. The third-order valence-electron chi connectivity index (χ3n) is 5.10. The van der Waals surface area contributed by atoms with Crippen LogP contribution in [-0.4, -0.2) is 86.2 Å². The molecule has 2 heterocycles. The van der Waals surface area contributed by atoms with Crippen LogP contribution < -0.4 is 0 Å². The van der Waals surface area contributed by atoms with Crippen molar-refractivity contribution in [3.63, 3.8) is 0 Å². The van der Waals surface area contributed by atoms with Gasteiger partial charge < -0.3 is 14.5 Å². The van der Waals surface area contributed by atoms with Gasteiger partial charge in [-0.2, -0.15) is 0 Å². The number of piperidine rings is 1. The second-order valence-corrected chi connectivity index (χ2v) is 6.63. The van der Waals surface area contributed by atoms with Crippen LogP contribution in [0.15, 0.2) is 0 Å². The molecule has 0 bridgehead atoms. The van der Waals surface area contributed by atoms with E-state index >= 15 is 0 Å².